The van der Waals surface area contributed by atoms with Gasteiger partial charge in [0.1, 0.15) is 11.2 Å². The van der Waals surface area contributed by atoms with E-state index in [9.17, 15) is 0 Å². The molecule has 0 aliphatic heterocycles. The molecule has 0 bridgehead atoms. The monoisotopic (exact) mass is 791 g/mol. The summed E-state index contributed by atoms with van der Waals surface area (Å²) in [4.78, 5) is 13.1. The van der Waals surface area contributed by atoms with Gasteiger partial charge in [0, 0.05) is 44.3 Å². The Hall–Kier alpha value is -8.34. The van der Waals surface area contributed by atoms with Crippen molar-refractivity contribution < 1.29 is 4.42 Å². The third kappa shape index (κ3) is 6.16. The topological polar surface area (TPSA) is 42.2 Å². The maximum Gasteiger partial charge on any atom is 0.135 e. The Bertz CT molecular complexity index is 3620. The molecule has 0 fully saturated rings. The summed E-state index contributed by atoms with van der Waals surface area (Å²) in [6.45, 7) is 0. The number of para-hydroxylation sites is 1. The molecule has 0 spiro atoms. The molecule has 290 valence electrons. The highest BCUT2D eigenvalue weighted by Gasteiger charge is 2.19. The Morgan fingerprint density at radius 1 is 0.323 bits per heavy atom. The minimum Gasteiger partial charge on any atom is -0.456 e. The first kappa shape index (κ1) is 35.6. The molecule has 12 aromatic rings. The number of furan rings is 1. The van der Waals surface area contributed by atoms with E-state index in [0.717, 1.165) is 111 Å². The maximum atomic E-state index is 6.24. The standard InChI is InChI=1S/C58H37N3O/c1-4-13-38(14-5-1)44-19-12-20-47(35-44)61(48-32-34-54-51(37-48)49-21-10-11-22-53(49)62-54)46-30-27-39(28-31-46)45-26-24-40-23-25-41-29-33-52-58(55(41)50(40)36-45)60-57(43-17-8-3-9-18-43)56(59-52)42-15-6-2-7-16-42/h1-37H. The molecule has 10 aromatic carbocycles. The lowest BCUT2D eigenvalue weighted by Crippen LogP contribution is -2.10. The average Bonchev–Trinajstić information content (AvgIpc) is 3.72. The van der Waals surface area contributed by atoms with E-state index in [2.05, 4.69) is 205 Å². The van der Waals surface area contributed by atoms with Crippen molar-refractivity contribution in [2.45, 2.75) is 0 Å². The van der Waals surface area contributed by atoms with Crippen molar-refractivity contribution in [3.63, 3.8) is 0 Å². The van der Waals surface area contributed by atoms with Gasteiger partial charge in [0.15, 0.2) is 0 Å². The van der Waals surface area contributed by atoms with Crippen molar-refractivity contribution in [2.24, 2.45) is 0 Å². The number of benzene rings is 10. The van der Waals surface area contributed by atoms with Gasteiger partial charge in [-0.15, -0.1) is 0 Å². The zero-order valence-electron chi connectivity index (χ0n) is 33.6. The molecule has 0 unspecified atom stereocenters. The Labute approximate surface area is 358 Å². The van der Waals surface area contributed by atoms with E-state index in [4.69, 9.17) is 14.4 Å². The van der Waals surface area contributed by atoms with Crippen molar-refractivity contribution in [1.29, 1.82) is 0 Å². The number of hydrogen-bond donors (Lipinski definition) is 0. The third-order valence-electron chi connectivity index (χ3n) is 12.0. The molecule has 0 radical (unpaired) electrons. The van der Waals surface area contributed by atoms with Crippen molar-refractivity contribution in [3.8, 4) is 44.8 Å². The number of anilines is 3. The predicted octanol–water partition coefficient (Wildman–Crippen LogP) is 16.0. The maximum absolute atomic E-state index is 6.24. The van der Waals surface area contributed by atoms with Gasteiger partial charge in [0.25, 0.3) is 0 Å². The summed E-state index contributed by atoms with van der Waals surface area (Å²) in [6, 6.07) is 79.2. The Morgan fingerprint density at radius 3 is 1.65 bits per heavy atom. The molecule has 0 saturated heterocycles. The van der Waals surface area contributed by atoms with Crippen LogP contribution in [0.1, 0.15) is 0 Å². The second kappa shape index (κ2) is 14.7. The summed E-state index contributed by atoms with van der Waals surface area (Å²) >= 11 is 0. The zero-order chi connectivity index (χ0) is 41.0. The van der Waals surface area contributed by atoms with Gasteiger partial charge < -0.3 is 9.32 Å². The molecule has 0 amide bonds. The second-order valence-electron chi connectivity index (χ2n) is 15.8. The lowest BCUT2D eigenvalue weighted by molar-refractivity contribution is 0.669. The number of fused-ring (bicyclic) bond motifs is 8. The highest BCUT2D eigenvalue weighted by Crippen LogP contribution is 2.42. The first-order valence-electron chi connectivity index (χ1n) is 21.0. The van der Waals surface area contributed by atoms with Crippen LogP contribution in [-0.2, 0) is 0 Å². The molecule has 0 N–H and O–H groups in total. The molecular weight excluding hydrogens is 755 g/mol. The lowest BCUT2D eigenvalue weighted by Gasteiger charge is -2.26. The fraction of sp³-hybridized carbons (Fsp3) is 0. The van der Waals surface area contributed by atoms with E-state index in [1.807, 2.05) is 24.3 Å². The molecule has 0 aliphatic rings. The normalized spacial score (nSPS) is 11.5. The zero-order valence-corrected chi connectivity index (χ0v) is 33.6. The summed E-state index contributed by atoms with van der Waals surface area (Å²) in [5, 5.41) is 6.74. The summed E-state index contributed by atoms with van der Waals surface area (Å²) < 4.78 is 6.24. The lowest BCUT2D eigenvalue weighted by atomic mass is 9.95. The van der Waals surface area contributed by atoms with Crippen LogP contribution in [0.2, 0.25) is 0 Å². The quantitative estimate of drug-likeness (QED) is 0.151. The van der Waals surface area contributed by atoms with Gasteiger partial charge in [-0.25, -0.2) is 9.97 Å². The predicted molar refractivity (Wildman–Crippen MR) is 258 cm³/mol. The molecule has 62 heavy (non-hydrogen) atoms. The van der Waals surface area contributed by atoms with Crippen LogP contribution in [0, 0.1) is 0 Å². The van der Waals surface area contributed by atoms with E-state index in [0.29, 0.717) is 0 Å². The first-order valence-corrected chi connectivity index (χ1v) is 21.0. The van der Waals surface area contributed by atoms with Crippen LogP contribution in [0.3, 0.4) is 0 Å². The Kier molecular flexibility index (Phi) is 8.46. The molecule has 0 atom stereocenters. The molecule has 0 saturated carbocycles. The van der Waals surface area contributed by atoms with Gasteiger partial charge >= 0.3 is 0 Å². The average molecular weight is 792 g/mol. The molecule has 2 aromatic heterocycles. The van der Waals surface area contributed by atoms with Crippen molar-refractivity contribution >= 4 is 71.6 Å². The van der Waals surface area contributed by atoms with E-state index in [-0.39, 0.29) is 0 Å². The summed E-state index contributed by atoms with van der Waals surface area (Å²) in [5.74, 6) is 0. The van der Waals surface area contributed by atoms with E-state index < -0.39 is 0 Å². The minimum absolute atomic E-state index is 0.872. The Balaban J connectivity index is 0.994. The van der Waals surface area contributed by atoms with Crippen LogP contribution < -0.4 is 4.90 Å². The van der Waals surface area contributed by atoms with Gasteiger partial charge in [-0.3, -0.25) is 0 Å². The molecular formula is C58H37N3O. The molecule has 0 aliphatic carbocycles. The fourth-order valence-electron chi connectivity index (χ4n) is 8.99. The summed E-state index contributed by atoms with van der Waals surface area (Å²) in [5.41, 5.74) is 15.1. The van der Waals surface area contributed by atoms with Gasteiger partial charge in [0.2, 0.25) is 0 Å². The number of hydrogen-bond acceptors (Lipinski definition) is 4. The van der Waals surface area contributed by atoms with Crippen LogP contribution in [0.25, 0.3) is 99.3 Å². The van der Waals surface area contributed by atoms with Crippen LogP contribution in [0.4, 0.5) is 17.1 Å². The van der Waals surface area contributed by atoms with Gasteiger partial charge in [-0.2, -0.15) is 0 Å². The van der Waals surface area contributed by atoms with Gasteiger partial charge in [-0.05, 0) is 99.1 Å². The molecule has 12 rings (SSSR count). The molecule has 4 nitrogen and oxygen atoms in total. The number of aromatic nitrogens is 2. The SMILES string of the molecule is c1ccc(-c2cccc(N(c3ccc(-c4ccc5ccc6ccc7nc(-c8ccccc8)c(-c8ccccc8)nc7c6c5c4)cc3)c3ccc4oc5ccccc5c4c3)c2)cc1. The smallest absolute Gasteiger partial charge is 0.135 e. The van der Waals surface area contributed by atoms with Gasteiger partial charge in [0.05, 0.1) is 22.4 Å². The molecule has 2 heterocycles. The minimum atomic E-state index is 0.872. The third-order valence-corrected chi connectivity index (χ3v) is 12.0. The number of nitrogens with zero attached hydrogens (tertiary/aromatic N) is 3. The van der Waals surface area contributed by atoms with E-state index in [1.54, 1.807) is 0 Å². The first-order chi connectivity index (χ1) is 30.7. The van der Waals surface area contributed by atoms with Crippen molar-refractivity contribution in [1.82, 2.24) is 9.97 Å². The highest BCUT2D eigenvalue weighted by molar-refractivity contribution is 6.19. The summed E-state index contributed by atoms with van der Waals surface area (Å²) in [6.07, 6.45) is 0. The second-order valence-corrected chi connectivity index (χ2v) is 15.8. The highest BCUT2D eigenvalue weighted by atomic mass is 16.3. The van der Waals surface area contributed by atoms with Crippen LogP contribution in [0.5, 0.6) is 0 Å². The van der Waals surface area contributed by atoms with Crippen LogP contribution >= 0.6 is 0 Å². The summed E-state index contributed by atoms with van der Waals surface area (Å²) in [7, 11) is 0. The number of rotatable bonds is 7. The van der Waals surface area contributed by atoms with Crippen LogP contribution in [-0.4, -0.2) is 9.97 Å². The van der Waals surface area contributed by atoms with Crippen molar-refractivity contribution in [3.05, 3.63) is 224 Å². The fourth-order valence-corrected chi connectivity index (χ4v) is 8.99. The van der Waals surface area contributed by atoms with E-state index in [1.165, 1.54) is 5.56 Å². The molecule has 4 heteroatoms. The van der Waals surface area contributed by atoms with E-state index >= 15 is 0 Å². The van der Waals surface area contributed by atoms with Crippen molar-refractivity contribution in [2.75, 3.05) is 4.90 Å². The van der Waals surface area contributed by atoms with Gasteiger partial charge in [-0.1, -0.05) is 164 Å². The van der Waals surface area contributed by atoms with Crippen LogP contribution in [0.15, 0.2) is 229 Å². The Morgan fingerprint density at radius 2 is 0.871 bits per heavy atom. The largest absolute Gasteiger partial charge is 0.456 e.